The second-order valence-corrected chi connectivity index (χ2v) is 6.16. The van der Waals surface area contributed by atoms with Crippen LogP contribution in [0, 0.1) is 0 Å². The summed E-state index contributed by atoms with van der Waals surface area (Å²) in [6.07, 6.45) is 4.09. The Morgan fingerprint density at radius 1 is 1.14 bits per heavy atom. The van der Waals surface area contributed by atoms with Gasteiger partial charge in [-0.05, 0) is 25.0 Å². The summed E-state index contributed by atoms with van der Waals surface area (Å²) in [4.78, 5) is 14.9. The third-order valence-electron chi connectivity index (χ3n) is 4.80. The van der Waals surface area contributed by atoms with Crippen molar-refractivity contribution in [2.45, 2.75) is 43.9 Å². The highest BCUT2D eigenvalue weighted by Crippen LogP contribution is 2.33. The van der Waals surface area contributed by atoms with Gasteiger partial charge in [0.1, 0.15) is 6.61 Å². The van der Waals surface area contributed by atoms with Crippen molar-refractivity contribution in [3.05, 3.63) is 24.3 Å². The fourth-order valence-corrected chi connectivity index (χ4v) is 3.70. The molecule has 0 aromatic heterocycles. The minimum absolute atomic E-state index is 0.0368. The van der Waals surface area contributed by atoms with Crippen LogP contribution in [-0.4, -0.2) is 48.8 Å². The number of para-hydroxylation sites is 2. The number of nitrogens with zero attached hydrogens (tertiary/aromatic N) is 1. The van der Waals surface area contributed by atoms with Gasteiger partial charge in [-0.15, -0.1) is 0 Å². The number of morpholine rings is 1. The molecule has 5 heteroatoms. The predicted octanol–water partition coefficient (Wildman–Crippen LogP) is 2.00. The largest absolute Gasteiger partial charge is 0.485 e. The number of amides is 1. The van der Waals surface area contributed by atoms with Crippen LogP contribution in [0.15, 0.2) is 24.3 Å². The molecule has 1 aromatic rings. The fraction of sp³-hybridized carbons (Fsp3) is 0.588. The lowest BCUT2D eigenvalue weighted by Gasteiger charge is -2.45. The molecule has 2 heterocycles. The van der Waals surface area contributed by atoms with Gasteiger partial charge in [0.05, 0.1) is 18.8 Å². The van der Waals surface area contributed by atoms with Crippen LogP contribution in [0.3, 0.4) is 0 Å². The molecule has 22 heavy (non-hydrogen) atoms. The molecule has 3 atom stereocenters. The van der Waals surface area contributed by atoms with Gasteiger partial charge in [0.15, 0.2) is 11.5 Å². The Kier molecular flexibility index (Phi) is 3.66. The minimum Gasteiger partial charge on any atom is -0.485 e. The van der Waals surface area contributed by atoms with Crippen molar-refractivity contribution in [3.8, 4) is 11.5 Å². The molecule has 1 amide bonds. The third kappa shape index (κ3) is 2.43. The molecular weight excluding hydrogens is 282 g/mol. The lowest BCUT2D eigenvalue weighted by Crippen LogP contribution is -2.58. The number of fused-ring (bicyclic) bond motifs is 2. The van der Waals surface area contributed by atoms with Gasteiger partial charge < -0.3 is 19.1 Å². The Bertz CT molecular complexity index is 559. The summed E-state index contributed by atoms with van der Waals surface area (Å²) in [6, 6.07) is 7.70. The number of hydrogen-bond donors (Lipinski definition) is 0. The molecule has 1 saturated carbocycles. The lowest BCUT2D eigenvalue weighted by molar-refractivity contribution is -0.158. The summed E-state index contributed by atoms with van der Waals surface area (Å²) in [5.41, 5.74) is 0. The zero-order chi connectivity index (χ0) is 14.9. The van der Waals surface area contributed by atoms with Crippen LogP contribution in [0.25, 0.3) is 0 Å². The molecule has 0 bridgehead atoms. The molecule has 0 unspecified atom stereocenters. The Morgan fingerprint density at radius 2 is 1.95 bits per heavy atom. The molecule has 0 spiro atoms. The molecule has 3 aliphatic rings. The van der Waals surface area contributed by atoms with Crippen molar-refractivity contribution in [1.82, 2.24) is 4.90 Å². The van der Waals surface area contributed by atoms with Crippen LogP contribution in [0.4, 0.5) is 0 Å². The molecule has 1 aliphatic carbocycles. The van der Waals surface area contributed by atoms with Crippen molar-refractivity contribution < 1.29 is 19.0 Å². The van der Waals surface area contributed by atoms with Gasteiger partial charge in [-0.25, -0.2) is 0 Å². The highest BCUT2D eigenvalue weighted by Gasteiger charge is 2.40. The molecule has 4 rings (SSSR count). The fourth-order valence-electron chi connectivity index (χ4n) is 3.70. The van der Waals surface area contributed by atoms with E-state index in [4.69, 9.17) is 14.2 Å². The van der Waals surface area contributed by atoms with E-state index >= 15 is 0 Å². The summed E-state index contributed by atoms with van der Waals surface area (Å²) >= 11 is 0. The number of ether oxygens (including phenoxy) is 3. The van der Waals surface area contributed by atoms with E-state index in [0.717, 1.165) is 12.8 Å². The number of rotatable bonds is 1. The number of carbonyl (C=O) groups excluding carboxylic acids is 1. The van der Waals surface area contributed by atoms with Crippen LogP contribution in [0.5, 0.6) is 11.5 Å². The maximum Gasteiger partial charge on any atom is 0.267 e. The molecule has 0 N–H and O–H groups in total. The van der Waals surface area contributed by atoms with Crippen LogP contribution in [0.2, 0.25) is 0 Å². The monoisotopic (exact) mass is 303 g/mol. The van der Waals surface area contributed by atoms with E-state index in [1.54, 1.807) is 0 Å². The Labute approximate surface area is 130 Å². The average molecular weight is 303 g/mol. The first-order valence-corrected chi connectivity index (χ1v) is 8.13. The van der Waals surface area contributed by atoms with Crippen LogP contribution in [0.1, 0.15) is 25.7 Å². The maximum atomic E-state index is 12.9. The molecule has 2 fully saturated rings. The Balaban J connectivity index is 1.49. The molecule has 1 saturated heterocycles. The smallest absolute Gasteiger partial charge is 0.267 e. The van der Waals surface area contributed by atoms with E-state index in [1.165, 1.54) is 12.8 Å². The van der Waals surface area contributed by atoms with Crippen molar-refractivity contribution in [3.63, 3.8) is 0 Å². The predicted molar refractivity (Wildman–Crippen MR) is 80.1 cm³/mol. The van der Waals surface area contributed by atoms with Crippen molar-refractivity contribution in [2.24, 2.45) is 0 Å². The standard InChI is InChI=1S/C17H21NO4/c19-17(16-11-21-14-7-3-4-8-15(14)22-16)18-9-10-20-13-6-2-1-5-12(13)18/h3-4,7-8,12-13,16H,1-2,5-6,9-11H2/t12-,13+,16-/m0/s1. The SMILES string of the molecule is O=C([C@@H]1COc2ccccc2O1)N1CCO[C@@H]2CCCC[C@@H]21. The van der Waals surface area contributed by atoms with Gasteiger partial charge in [0, 0.05) is 6.54 Å². The Morgan fingerprint density at radius 3 is 2.86 bits per heavy atom. The second kappa shape index (κ2) is 5.80. The van der Waals surface area contributed by atoms with Crippen molar-refractivity contribution in [1.29, 1.82) is 0 Å². The summed E-state index contributed by atoms with van der Waals surface area (Å²) in [7, 11) is 0. The van der Waals surface area contributed by atoms with E-state index in [9.17, 15) is 4.79 Å². The third-order valence-corrected chi connectivity index (χ3v) is 4.80. The van der Waals surface area contributed by atoms with Crippen molar-refractivity contribution in [2.75, 3.05) is 19.8 Å². The summed E-state index contributed by atoms with van der Waals surface area (Å²) in [6.45, 7) is 1.56. The van der Waals surface area contributed by atoms with Gasteiger partial charge in [0.2, 0.25) is 6.10 Å². The van der Waals surface area contributed by atoms with E-state index in [2.05, 4.69) is 0 Å². The maximum absolute atomic E-state index is 12.9. The first kappa shape index (κ1) is 13.9. The van der Waals surface area contributed by atoms with Gasteiger partial charge in [0.25, 0.3) is 5.91 Å². The molecule has 2 aliphatic heterocycles. The summed E-state index contributed by atoms with van der Waals surface area (Å²) in [5, 5.41) is 0. The highest BCUT2D eigenvalue weighted by molar-refractivity contribution is 5.82. The Hall–Kier alpha value is -1.75. The van der Waals surface area contributed by atoms with Gasteiger partial charge in [-0.1, -0.05) is 25.0 Å². The highest BCUT2D eigenvalue weighted by atomic mass is 16.6. The number of carbonyl (C=O) groups is 1. The van der Waals surface area contributed by atoms with Gasteiger partial charge in [-0.3, -0.25) is 4.79 Å². The molecular formula is C17H21NO4. The van der Waals surface area contributed by atoms with Crippen LogP contribution >= 0.6 is 0 Å². The van der Waals surface area contributed by atoms with Crippen LogP contribution < -0.4 is 9.47 Å². The molecule has 118 valence electrons. The summed E-state index contributed by atoms with van der Waals surface area (Å²) in [5.74, 6) is 1.40. The zero-order valence-electron chi connectivity index (χ0n) is 12.6. The van der Waals surface area contributed by atoms with Gasteiger partial charge >= 0.3 is 0 Å². The molecule has 0 radical (unpaired) electrons. The molecule has 5 nitrogen and oxygen atoms in total. The average Bonchev–Trinajstić information content (AvgIpc) is 2.60. The lowest BCUT2D eigenvalue weighted by atomic mass is 9.90. The number of hydrogen-bond acceptors (Lipinski definition) is 4. The van der Waals surface area contributed by atoms with Crippen molar-refractivity contribution >= 4 is 5.91 Å². The summed E-state index contributed by atoms with van der Waals surface area (Å²) < 4.78 is 17.4. The van der Waals surface area contributed by atoms with E-state index in [-0.39, 0.29) is 24.7 Å². The van der Waals surface area contributed by atoms with E-state index < -0.39 is 6.10 Å². The minimum atomic E-state index is -0.546. The van der Waals surface area contributed by atoms with Crippen LogP contribution in [-0.2, 0) is 9.53 Å². The van der Waals surface area contributed by atoms with Gasteiger partial charge in [-0.2, -0.15) is 0 Å². The number of benzene rings is 1. The first-order valence-electron chi connectivity index (χ1n) is 8.13. The molecule has 1 aromatic carbocycles. The quantitative estimate of drug-likeness (QED) is 0.796. The van der Waals surface area contributed by atoms with E-state index in [1.807, 2.05) is 29.2 Å². The zero-order valence-corrected chi connectivity index (χ0v) is 12.6. The topological polar surface area (TPSA) is 48.0 Å². The first-order chi connectivity index (χ1) is 10.8. The normalized spacial score (nSPS) is 30.5. The second-order valence-electron chi connectivity index (χ2n) is 6.16. The van der Waals surface area contributed by atoms with E-state index in [0.29, 0.717) is 24.7 Å².